The van der Waals surface area contributed by atoms with Gasteiger partial charge in [-0.25, -0.2) is 4.98 Å². The molecule has 2 N–H and O–H groups in total. The molecule has 1 saturated carbocycles. The lowest BCUT2D eigenvalue weighted by Gasteiger charge is -2.18. The molecule has 0 spiro atoms. The van der Waals surface area contributed by atoms with Gasteiger partial charge in [0.05, 0.1) is 17.5 Å². The van der Waals surface area contributed by atoms with Crippen molar-refractivity contribution in [2.24, 2.45) is 28.7 Å². The minimum Gasteiger partial charge on any atom is -0.444 e. The van der Waals surface area contributed by atoms with Crippen molar-refractivity contribution in [3.05, 3.63) is 53.9 Å². The number of carbonyl (C=O) groups is 2. The van der Waals surface area contributed by atoms with Crippen LogP contribution in [0, 0.1) is 30.6 Å². The molecular formula is C25H29N5O3. The van der Waals surface area contributed by atoms with Crippen LogP contribution in [0.3, 0.4) is 0 Å². The van der Waals surface area contributed by atoms with E-state index in [-0.39, 0.29) is 35.5 Å². The Morgan fingerprint density at radius 2 is 1.76 bits per heavy atom. The van der Waals surface area contributed by atoms with E-state index in [1.165, 1.54) is 10.5 Å². The third-order valence-electron chi connectivity index (χ3n) is 6.94. The van der Waals surface area contributed by atoms with E-state index < -0.39 is 0 Å². The summed E-state index contributed by atoms with van der Waals surface area (Å²) in [6, 6.07) is 8.07. The van der Waals surface area contributed by atoms with Gasteiger partial charge in [0, 0.05) is 38.7 Å². The fourth-order valence-electron chi connectivity index (χ4n) is 5.25. The molecule has 1 saturated heterocycles. The largest absolute Gasteiger partial charge is 0.444 e. The maximum atomic E-state index is 12.8. The number of carbonyl (C=O) groups excluding carboxylic acids is 2. The molecule has 1 aromatic heterocycles. The SMILES string of the molecule is CN=C(NCCc1coc(-c2ccc(C)cc2)n1)NCCN1C(=O)C2C3C=CC(C3)C2C1=O. The molecule has 2 heterocycles. The van der Waals surface area contributed by atoms with Crippen LogP contribution in [-0.2, 0) is 16.0 Å². The van der Waals surface area contributed by atoms with E-state index in [9.17, 15) is 9.59 Å². The molecule has 8 nitrogen and oxygen atoms in total. The van der Waals surface area contributed by atoms with E-state index >= 15 is 0 Å². The summed E-state index contributed by atoms with van der Waals surface area (Å²) in [6.45, 7) is 3.49. The van der Waals surface area contributed by atoms with E-state index in [2.05, 4.69) is 32.8 Å². The highest BCUT2D eigenvalue weighted by Gasteiger charge is 2.58. The molecule has 4 unspecified atom stereocenters. The Labute approximate surface area is 193 Å². The lowest BCUT2D eigenvalue weighted by Crippen LogP contribution is -2.44. The molecular weight excluding hydrogens is 418 g/mol. The number of amides is 2. The van der Waals surface area contributed by atoms with Crippen molar-refractivity contribution < 1.29 is 14.0 Å². The van der Waals surface area contributed by atoms with Crippen LogP contribution in [0.2, 0.25) is 0 Å². The Balaban J connectivity index is 1.07. The Hall–Kier alpha value is -3.42. The first-order valence-corrected chi connectivity index (χ1v) is 11.5. The van der Waals surface area contributed by atoms with Gasteiger partial charge in [-0.1, -0.05) is 29.8 Å². The van der Waals surface area contributed by atoms with Crippen LogP contribution in [0.25, 0.3) is 11.5 Å². The van der Waals surface area contributed by atoms with Gasteiger partial charge in [0.15, 0.2) is 5.96 Å². The average Bonchev–Trinajstić information content (AvgIpc) is 3.59. The third-order valence-corrected chi connectivity index (χ3v) is 6.94. The van der Waals surface area contributed by atoms with Crippen molar-refractivity contribution in [3.8, 4) is 11.5 Å². The fourth-order valence-corrected chi connectivity index (χ4v) is 5.25. The minimum absolute atomic E-state index is 0.0120. The normalized spacial score (nSPS) is 25.8. The summed E-state index contributed by atoms with van der Waals surface area (Å²) < 4.78 is 5.61. The fraction of sp³-hybridized carbons (Fsp3) is 0.440. The molecule has 3 aliphatic rings. The van der Waals surface area contributed by atoms with Crippen molar-refractivity contribution in [1.82, 2.24) is 20.5 Å². The van der Waals surface area contributed by atoms with Gasteiger partial charge >= 0.3 is 0 Å². The second-order valence-electron chi connectivity index (χ2n) is 9.01. The van der Waals surface area contributed by atoms with E-state index in [0.717, 1.165) is 17.7 Å². The van der Waals surface area contributed by atoms with Crippen LogP contribution in [0.4, 0.5) is 0 Å². The Morgan fingerprint density at radius 3 is 2.42 bits per heavy atom. The predicted molar refractivity (Wildman–Crippen MR) is 124 cm³/mol. The van der Waals surface area contributed by atoms with Crippen LogP contribution >= 0.6 is 0 Å². The lowest BCUT2D eigenvalue weighted by atomic mass is 9.85. The molecule has 33 heavy (non-hydrogen) atoms. The number of benzene rings is 1. The van der Waals surface area contributed by atoms with Gasteiger partial charge in [-0.3, -0.25) is 19.5 Å². The molecule has 172 valence electrons. The zero-order chi connectivity index (χ0) is 22.9. The van der Waals surface area contributed by atoms with Gasteiger partial charge in [-0.05, 0) is 37.3 Å². The zero-order valence-corrected chi connectivity index (χ0v) is 19.0. The van der Waals surface area contributed by atoms with Crippen molar-refractivity contribution in [1.29, 1.82) is 0 Å². The quantitative estimate of drug-likeness (QED) is 0.292. The van der Waals surface area contributed by atoms with Gasteiger partial charge in [-0.15, -0.1) is 0 Å². The number of nitrogens with one attached hydrogen (secondary N) is 2. The van der Waals surface area contributed by atoms with Crippen LogP contribution in [0.5, 0.6) is 0 Å². The van der Waals surface area contributed by atoms with E-state index in [0.29, 0.717) is 37.9 Å². The number of allylic oxidation sites excluding steroid dienone is 2. The highest BCUT2D eigenvalue weighted by atomic mass is 16.3. The monoisotopic (exact) mass is 447 g/mol. The number of rotatable bonds is 7. The van der Waals surface area contributed by atoms with Crippen molar-refractivity contribution in [2.75, 3.05) is 26.7 Å². The topological polar surface area (TPSA) is 99.8 Å². The number of guanidine groups is 1. The zero-order valence-electron chi connectivity index (χ0n) is 19.0. The number of fused-ring (bicyclic) bond motifs is 5. The molecule has 5 rings (SSSR count). The van der Waals surface area contributed by atoms with Crippen LogP contribution in [0.1, 0.15) is 17.7 Å². The smallest absolute Gasteiger partial charge is 0.233 e. The number of oxazole rings is 1. The molecule has 2 bridgehead atoms. The predicted octanol–water partition coefficient (Wildman–Crippen LogP) is 2.16. The number of likely N-dealkylation sites (tertiary alicyclic amines) is 1. The highest BCUT2D eigenvalue weighted by Crippen LogP contribution is 2.52. The first kappa shape index (κ1) is 21.4. The average molecular weight is 448 g/mol. The molecule has 2 aromatic rings. The van der Waals surface area contributed by atoms with Crippen LogP contribution < -0.4 is 10.6 Å². The summed E-state index contributed by atoms with van der Waals surface area (Å²) in [5, 5.41) is 6.44. The molecule has 2 aliphatic carbocycles. The number of aryl methyl sites for hydroxylation is 1. The summed E-state index contributed by atoms with van der Waals surface area (Å²) in [4.78, 5) is 35.7. The Kier molecular flexibility index (Phi) is 5.74. The van der Waals surface area contributed by atoms with Gasteiger partial charge in [0.2, 0.25) is 17.7 Å². The standard InChI is InChI=1S/C25H29N5O3/c1-15-3-5-16(6-4-15)22-29-19(14-33-22)9-10-27-25(26-2)28-11-12-30-23(31)20-17-7-8-18(13-17)21(20)24(30)32/h3-8,14,17-18,20-21H,9-13H2,1-2H3,(H2,26,27,28). The summed E-state index contributed by atoms with van der Waals surface area (Å²) in [5.74, 6) is 1.41. The Bertz CT molecular complexity index is 1070. The third kappa shape index (κ3) is 4.05. The summed E-state index contributed by atoms with van der Waals surface area (Å²) >= 11 is 0. The summed E-state index contributed by atoms with van der Waals surface area (Å²) in [7, 11) is 1.70. The van der Waals surface area contributed by atoms with Gasteiger partial charge < -0.3 is 15.1 Å². The van der Waals surface area contributed by atoms with Gasteiger partial charge in [-0.2, -0.15) is 0 Å². The number of nitrogens with zero attached hydrogens (tertiary/aromatic N) is 3. The molecule has 0 radical (unpaired) electrons. The minimum atomic E-state index is -0.141. The van der Waals surface area contributed by atoms with Crippen molar-refractivity contribution in [2.45, 2.75) is 19.8 Å². The first-order valence-electron chi connectivity index (χ1n) is 11.5. The highest BCUT2D eigenvalue weighted by molar-refractivity contribution is 6.06. The number of aromatic nitrogens is 1. The van der Waals surface area contributed by atoms with Crippen LogP contribution in [0.15, 0.2) is 52.1 Å². The second-order valence-corrected chi connectivity index (χ2v) is 9.01. The molecule has 1 aromatic carbocycles. The Morgan fingerprint density at radius 1 is 1.09 bits per heavy atom. The first-order chi connectivity index (χ1) is 16.0. The summed E-state index contributed by atoms with van der Waals surface area (Å²) in [5.41, 5.74) is 3.01. The van der Waals surface area contributed by atoms with Crippen molar-refractivity contribution >= 4 is 17.8 Å². The lowest BCUT2D eigenvalue weighted by molar-refractivity contribution is -0.140. The molecule has 2 amide bonds. The molecule has 4 atom stereocenters. The number of aliphatic imine (C=N–C) groups is 1. The maximum Gasteiger partial charge on any atom is 0.233 e. The van der Waals surface area contributed by atoms with E-state index in [1.807, 2.05) is 31.2 Å². The van der Waals surface area contributed by atoms with Crippen molar-refractivity contribution in [3.63, 3.8) is 0 Å². The van der Waals surface area contributed by atoms with Gasteiger partial charge in [0.1, 0.15) is 6.26 Å². The second kappa shape index (κ2) is 8.84. The van der Waals surface area contributed by atoms with Crippen LogP contribution in [-0.4, -0.2) is 54.3 Å². The number of imide groups is 1. The van der Waals surface area contributed by atoms with Gasteiger partial charge in [0.25, 0.3) is 0 Å². The molecule has 2 fully saturated rings. The number of hydrogen-bond donors (Lipinski definition) is 2. The number of hydrogen-bond acceptors (Lipinski definition) is 5. The maximum absolute atomic E-state index is 12.8. The van der Waals surface area contributed by atoms with E-state index in [4.69, 9.17) is 4.42 Å². The summed E-state index contributed by atoms with van der Waals surface area (Å²) in [6.07, 6.45) is 7.54. The van der Waals surface area contributed by atoms with E-state index in [1.54, 1.807) is 13.3 Å². The molecule has 8 heteroatoms. The molecule has 1 aliphatic heterocycles.